The molecule has 2 aromatic carbocycles. The van der Waals surface area contributed by atoms with Crippen LogP contribution in [-0.2, 0) is 0 Å². The molecular weight excluding hydrogens is 361 g/mol. The van der Waals surface area contributed by atoms with Gasteiger partial charge in [-0.3, -0.25) is 4.79 Å². The Balaban J connectivity index is 1.91. The van der Waals surface area contributed by atoms with Crippen molar-refractivity contribution in [1.29, 1.82) is 0 Å². The molecule has 0 spiro atoms. The number of anilines is 3. The first-order valence-corrected chi connectivity index (χ1v) is 8.51. The van der Waals surface area contributed by atoms with Crippen LogP contribution in [0.25, 0.3) is 0 Å². The highest BCUT2D eigenvalue weighted by Gasteiger charge is 2.20. The van der Waals surface area contributed by atoms with Crippen molar-refractivity contribution in [1.82, 2.24) is 4.98 Å². The van der Waals surface area contributed by atoms with Crippen LogP contribution in [0.3, 0.4) is 0 Å². The third-order valence-electron chi connectivity index (χ3n) is 4.22. The number of ether oxygens (including phenoxy) is 2. The van der Waals surface area contributed by atoms with Crippen molar-refractivity contribution in [3.8, 4) is 11.5 Å². The minimum absolute atomic E-state index is 0.240. The van der Waals surface area contributed by atoms with Gasteiger partial charge in [-0.05, 0) is 36.4 Å². The van der Waals surface area contributed by atoms with Gasteiger partial charge >= 0.3 is 0 Å². The molecule has 0 aliphatic carbocycles. The number of para-hydroxylation sites is 1. The van der Waals surface area contributed by atoms with E-state index >= 15 is 0 Å². The standard InChI is InChI=1S/C21H20FN3O3/c1-25(14-10-11-18(27-2)19(13-14)28-3)21(26)15-7-6-12-23-20(15)24-17-9-5-4-8-16(17)22/h4-13H,1-3H3,(H,23,24). The third-order valence-corrected chi connectivity index (χ3v) is 4.22. The Bertz CT molecular complexity index is 994. The highest BCUT2D eigenvalue weighted by atomic mass is 19.1. The van der Waals surface area contributed by atoms with E-state index in [-0.39, 0.29) is 17.4 Å². The molecule has 7 heteroatoms. The summed E-state index contributed by atoms with van der Waals surface area (Å²) in [6, 6.07) is 14.7. The molecule has 144 valence electrons. The summed E-state index contributed by atoms with van der Waals surface area (Å²) >= 11 is 0. The van der Waals surface area contributed by atoms with Crippen LogP contribution in [0.15, 0.2) is 60.8 Å². The average molecular weight is 381 g/mol. The van der Waals surface area contributed by atoms with Gasteiger partial charge in [-0.25, -0.2) is 9.37 Å². The fraction of sp³-hybridized carbons (Fsp3) is 0.143. The second-order valence-electron chi connectivity index (χ2n) is 5.91. The van der Waals surface area contributed by atoms with Crippen molar-refractivity contribution in [3.63, 3.8) is 0 Å². The Morgan fingerprint density at radius 2 is 1.79 bits per heavy atom. The SMILES string of the molecule is COc1ccc(N(C)C(=O)c2cccnc2Nc2ccccc2F)cc1OC. The molecule has 1 heterocycles. The molecule has 0 unspecified atom stereocenters. The zero-order valence-electron chi connectivity index (χ0n) is 15.8. The van der Waals surface area contributed by atoms with Gasteiger partial charge in [0.15, 0.2) is 11.5 Å². The van der Waals surface area contributed by atoms with Crippen LogP contribution in [0, 0.1) is 5.82 Å². The number of halogens is 1. The Hall–Kier alpha value is -3.61. The summed E-state index contributed by atoms with van der Waals surface area (Å²) in [5, 5.41) is 2.89. The number of hydrogen-bond acceptors (Lipinski definition) is 5. The Morgan fingerprint density at radius 3 is 2.50 bits per heavy atom. The highest BCUT2D eigenvalue weighted by Crippen LogP contribution is 2.32. The number of rotatable bonds is 6. The predicted octanol–water partition coefficient (Wildman–Crippen LogP) is 4.26. The lowest BCUT2D eigenvalue weighted by Gasteiger charge is -2.20. The summed E-state index contributed by atoms with van der Waals surface area (Å²) < 4.78 is 24.5. The van der Waals surface area contributed by atoms with Gasteiger partial charge in [-0.15, -0.1) is 0 Å². The van der Waals surface area contributed by atoms with Crippen LogP contribution < -0.4 is 19.7 Å². The topological polar surface area (TPSA) is 63.7 Å². The van der Waals surface area contributed by atoms with E-state index in [0.29, 0.717) is 22.7 Å². The first kappa shape index (κ1) is 19.2. The number of nitrogens with zero attached hydrogens (tertiary/aromatic N) is 2. The lowest BCUT2D eigenvalue weighted by molar-refractivity contribution is 0.0993. The van der Waals surface area contributed by atoms with E-state index in [2.05, 4.69) is 10.3 Å². The molecule has 0 aliphatic rings. The summed E-state index contributed by atoms with van der Waals surface area (Å²) in [5.74, 6) is 0.606. The normalized spacial score (nSPS) is 10.3. The van der Waals surface area contributed by atoms with Gasteiger partial charge in [-0.1, -0.05) is 12.1 Å². The van der Waals surface area contributed by atoms with Crippen LogP contribution in [0.2, 0.25) is 0 Å². The van der Waals surface area contributed by atoms with Gasteiger partial charge in [0.05, 0.1) is 25.5 Å². The first-order valence-electron chi connectivity index (χ1n) is 8.51. The molecule has 1 amide bonds. The summed E-state index contributed by atoms with van der Waals surface area (Å²) in [4.78, 5) is 18.7. The number of aromatic nitrogens is 1. The smallest absolute Gasteiger partial charge is 0.261 e. The molecule has 3 aromatic rings. The zero-order chi connectivity index (χ0) is 20.1. The van der Waals surface area contributed by atoms with E-state index in [1.165, 1.54) is 24.3 Å². The van der Waals surface area contributed by atoms with Gasteiger partial charge in [0, 0.05) is 25.0 Å². The van der Waals surface area contributed by atoms with Crippen molar-refractivity contribution >= 4 is 23.1 Å². The minimum atomic E-state index is -0.431. The fourth-order valence-corrected chi connectivity index (χ4v) is 2.70. The van der Waals surface area contributed by atoms with Gasteiger partial charge < -0.3 is 19.7 Å². The van der Waals surface area contributed by atoms with E-state index in [1.54, 1.807) is 62.7 Å². The van der Waals surface area contributed by atoms with E-state index in [9.17, 15) is 9.18 Å². The number of pyridine rings is 1. The van der Waals surface area contributed by atoms with Crippen molar-refractivity contribution in [2.75, 3.05) is 31.5 Å². The number of nitrogens with one attached hydrogen (secondary N) is 1. The molecule has 1 aromatic heterocycles. The monoisotopic (exact) mass is 381 g/mol. The molecule has 0 aliphatic heterocycles. The molecule has 1 N–H and O–H groups in total. The van der Waals surface area contributed by atoms with Gasteiger partial charge in [0.2, 0.25) is 0 Å². The van der Waals surface area contributed by atoms with Crippen LogP contribution in [0.1, 0.15) is 10.4 Å². The third kappa shape index (κ3) is 3.88. The second-order valence-corrected chi connectivity index (χ2v) is 5.91. The van der Waals surface area contributed by atoms with Gasteiger partial charge in [-0.2, -0.15) is 0 Å². The number of carbonyl (C=O) groups is 1. The zero-order valence-corrected chi connectivity index (χ0v) is 15.8. The quantitative estimate of drug-likeness (QED) is 0.691. The predicted molar refractivity (Wildman–Crippen MR) is 106 cm³/mol. The molecule has 0 saturated carbocycles. The molecule has 0 saturated heterocycles. The number of amides is 1. The molecule has 0 radical (unpaired) electrons. The summed E-state index contributed by atoms with van der Waals surface area (Å²) in [7, 11) is 4.72. The molecule has 3 rings (SSSR count). The van der Waals surface area contributed by atoms with Crippen molar-refractivity contribution in [2.24, 2.45) is 0 Å². The molecular formula is C21H20FN3O3. The Morgan fingerprint density at radius 1 is 1.04 bits per heavy atom. The van der Waals surface area contributed by atoms with Gasteiger partial charge in [0.25, 0.3) is 5.91 Å². The first-order chi connectivity index (χ1) is 13.5. The van der Waals surface area contributed by atoms with Crippen LogP contribution >= 0.6 is 0 Å². The molecule has 0 fully saturated rings. The largest absolute Gasteiger partial charge is 0.493 e. The summed E-state index contributed by atoms with van der Waals surface area (Å²) in [5.41, 5.74) is 1.16. The van der Waals surface area contributed by atoms with E-state index in [0.717, 1.165) is 0 Å². The Kier molecular flexibility index (Phi) is 5.74. The maximum Gasteiger partial charge on any atom is 0.261 e. The lowest BCUT2D eigenvalue weighted by atomic mass is 10.2. The summed E-state index contributed by atoms with van der Waals surface area (Å²) in [6.45, 7) is 0. The fourth-order valence-electron chi connectivity index (χ4n) is 2.70. The lowest BCUT2D eigenvalue weighted by Crippen LogP contribution is -2.27. The van der Waals surface area contributed by atoms with Crippen LogP contribution in [0.5, 0.6) is 11.5 Å². The highest BCUT2D eigenvalue weighted by molar-refractivity contribution is 6.09. The maximum absolute atomic E-state index is 14.0. The van der Waals surface area contributed by atoms with E-state index < -0.39 is 5.82 Å². The average Bonchev–Trinajstić information content (AvgIpc) is 2.74. The van der Waals surface area contributed by atoms with Crippen LogP contribution in [0.4, 0.5) is 21.6 Å². The number of benzene rings is 2. The Labute approximate surface area is 162 Å². The van der Waals surface area contributed by atoms with E-state index in [4.69, 9.17) is 9.47 Å². The van der Waals surface area contributed by atoms with Crippen molar-refractivity contribution in [2.45, 2.75) is 0 Å². The number of hydrogen-bond donors (Lipinski definition) is 1. The van der Waals surface area contributed by atoms with Gasteiger partial charge in [0.1, 0.15) is 11.6 Å². The van der Waals surface area contributed by atoms with Crippen LogP contribution in [-0.4, -0.2) is 32.2 Å². The number of methoxy groups -OCH3 is 2. The second kappa shape index (κ2) is 8.39. The maximum atomic E-state index is 14.0. The number of carbonyl (C=O) groups excluding carboxylic acids is 1. The molecule has 28 heavy (non-hydrogen) atoms. The van der Waals surface area contributed by atoms with E-state index in [1.807, 2.05) is 0 Å². The van der Waals surface area contributed by atoms with Crippen molar-refractivity contribution < 1.29 is 18.7 Å². The molecule has 0 atom stereocenters. The minimum Gasteiger partial charge on any atom is -0.493 e. The summed E-state index contributed by atoms with van der Waals surface area (Å²) in [6.07, 6.45) is 1.54. The van der Waals surface area contributed by atoms with Crippen molar-refractivity contribution in [3.05, 3.63) is 72.2 Å². The molecule has 6 nitrogen and oxygen atoms in total. The molecule has 0 bridgehead atoms.